The first-order chi connectivity index (χ1) is 17.9. The minimum absolute atomic E-state index is 0.0637. The number of benzene rings is 1. The number of aromatic nitrogens is 1. The fourth-order valence-electron chi connectivity index (χ4n) is 7.54. The van der Waals surface area contributed by atoms with Crippen LogP contribution in [-0.4, -0.2) is 76.9 Å². The van der Waals surface area contributed by atoms with Crippen molar-refractivity contribution < 1.29 is 14.0 Å². The predicted octanol–water partition coefficient (Wildman–Crippen LogP) is 4.19. The molecule has 37 heavy (non-hydrogen) atoms. The third-order valence-corrected chi connectivity index (χ3v) is 9.48. The molecule has 2 aromatic rings. The summed E-state index contributed by atoms with van der Waals surface area (Å²) in [6, 6.07) is 7.65. The average molecular weight is 508 g/mol. The van der Waals surface area contributed by atoms with E-state index in [0.717, 1.165) is 25.7 Å². The molecule has 1 aromatic carbocycles. The normalized spacial score (nSPS) is 31.2. The first kappa shape index (κ1) is 24.7. The average Bonchev–Trinajstić information content (AvgIpc) is 3.54. The van der Waals surface area contributed by atoms with Gasteiger partial charge in [-0.1, -0.05) is 25.3 Å². The molecule has 3 aliphatic heterocycles. The molecule has 8 nitrogen and oxygen atoms in total. The van der Waals surface area contributed by atoms with Crippen molar-refractivity contribution in [2.45, 2.75) is 102 Å². The summed E-state index contributed by atoms with van der Waals surface area (Å²) in [6.45, 7) is 5.60. The van der Waals surface area contributed by atoms with Crippen molar-refractivity contribution in [3.63, 3.8) is 0 Å². The lowest BCUT2D eigenvalue weighted by molar-refractivity contribution is -0.136. The van der Waals surface area contributed by atoms with Crippen molar-refractivity contribution in [1.82, 2.24) is 20.1 Å². The Morgan fingerprint density at radius 3 is 2.32 bits per heavy atom. The summed E-state index contributed by atoms with van der Waals surface area (Å²) in [5.74, 6) is 0.442. The lowest BCUT2D eigenvalue weighted by atomic mass is 9.82. The molecule has 8 heteroatoms. The summed E-state index contributed by atoms with van der Waals surface area (Å²) in [6.07, 6.45) is 10.1. The number of para-hydroxylation sites is 1. The van der Waals surface area contributed by atoms with Crippen LogP contribution in [0.25, 0.3) is 11.1 Å². The number of piperidine rings is 2. The number of piperazine rings is 1. The standard InChI is InChI=1S/C29H41N5O3/c1-18-16-33(28(36)20-8-4-5-9-20)17-19(2)34(18)29-31-26-24(12-7-13-25(26)37-29)27(35)30-21-14-22-10-6-11-23(15-21)32(22)3/h7,12-13,18-23H,4-6,8-11,14-17H2,1-3H3,(H,30,35)/t18-,19-,21?,22?,23?/m0/s1. The molecule has 0 radical (unpaired) electrons. The molecule has 3 saturated heterocycles. The molecule has 1 N–H and O–H groups in total. The van der Waals surface area contributed by atoms with Crippen LogP contribution in [0.1, 0.15) is 82.0 Å². The number of fused-ring (bicyclic) bond motifs is 3. The number of rotatable bonds is 4. The zero-order valence-corrected chi connectivity index (χ0v) is 22.5. The van der Waals surface area contributed by atoms with Crippen LogP contribution in [-0.2, 0) is 4.79 Å². The number of hydrogen-bond acceptors (Lipinski definition) is 6. The lowest BCUT2D eigenvalue weighted by Crippen LogP contribution is -2.59. The van der Waals surface area contributed by atoms with Gasteiger partial charge in [-0.25, -0.2) is 0 Å². The van der Waals surface area contributed by atoms with Gasteiger partial charge in [0.1, 0.15) is 5.52 Å². The second-order valence-electron chi connectivity index (χ2n) is 12.0. The van der Waals surface area contributed by atoms with Gasteiger partial charge in [0, 0.05) is 49.2 Å². The van der Waals surface area contributed by atoms with E-state index in [9.17, 15) is 9.59 Å². The quantitative estimate of drug-likeness (QED) is 0.668. The van der Waals surface area contributed by atoms with Crippen molar-refractivity contribution in [3.05, 3.63) is 23.8 Å². The van der Waals surface area contributed by atoms with Crippen LogP contribution in [0, 0.1) is 5.92 Å². The fraction of sp³-hybridized carbons (Fsp3) is 0.690. The molecule has 4 heterocycles. The van der Waals surface area contributed by atoms with E-state index in [1.54, 1.807) is 0 Å². The van der Waals surface area contributed by atoms with Crippen LogP contribution in [0.15, 0.2) is 22.6 Å². The Morgan fingerprint density at radius 2 is 1.65 bits per heavy atom. The third kappa shape index (κ3) is 4.62. The van der Waals surface area contributed by atoms with E-state index in [0.29, 0.717) is 53.8 Å². The Balaban J connectivity index is 1.18. The van der Waals surface area contributed by atoms with Gasteiger partial charge in [-0.3, -0.25) is 9.59 Å². The van der Waals surface area contributed by atoms with Crippen molar-refractivity contribution in [2.75, 3.05) is 25.0 Å². The summed E-state index contributed by atoms with van der Waals surface area (Å²) in [5.41, 5.74) is 1.82. The lowest BCUT2D eigenvalue weighted by Gasteiger charge is -2.47. The van der Waals surface area contributed by atoms with Gasteiger partial charge in [-0.2, -0.15) is 4.98 Å². The van der Waals surface area contributed by atoms with Crippen LogP contribution < -0.4 is 10.2 Å². The Kier molecular flexibility index (Phi) is 6.63. The highest BCUT2D eigenvalue weighted by atomic mass is 16.4. The van der Waals surface area contributed by atoms with E-state index in [-0.39, 0.29) is 30.0 Å². The van der Waals surface area contributed by atoms with Crippen LogP contribution in [0.2, 0.25) is 0 Å². The highest BCUT2D eigenvalue weighted by molar-refractivity contribution is 6.04. The minimum atomic E-state index is -0.0637. The Labute approximate surface area is 219 Å². The predicted molar refractivity (Wildman–Crippen MR) is 144 cm³/mol. The van der Waals surface area contributed by atoms with Gasteiger partial charge >= 0.3 is 0 Å². The molecular formula is C29H41N5O3. The number of hydrogen-bond donors (Lipinski definition) is 1. The number of anilines is 1. The molecule has 4 aliphatic rings. The monoisotopic (exact) mass is 507 g/mol. The molecule has 4 atom stereocenters. The second-order valence-corrected chi connectivity index (χ2v) is 12.0. The SMILES string of the molecule is C[C@H]1CN(C(=O)C2CCCC2)C[C@H](C)N1c1nc2c(C(=O)NC3CC4CCCC(C3)N4C)cccc2o1. The number of nitrogens with one attached hydrogen (secondary N) is 1. The van der Waals surface area contributed by atoms with Gasteiger partial charge in [0.05, 0.1) is 5.56 Å². The van der Waals surface area contributed by atoms with E-state index in [1.807, 2.05) is 23.1 Å². The molecule has 4 fully saturated rings. The number of carbonyl (C=O) groups is 2. The maximum absolute atomic E-state index is 13.4. The molecule has 1 aromatic heterocycles. The van der Waals surface area contributed by atoms with Crippen LogP contribution in [0.4, 0.5) is 6.01 Å². The molecule has 1 aliphatic carbocycles. The van der Waals surface area contributed by atoms with Crippen molar-refractivity contribution in [2.24, 2.45) is 5.92 Å². The Hall–Kier alpha value is -2.61. The Bertz CT molecular complexity index is 1130. The fourth-order valence-corrected chi connectivity index (χ4v) is 7.54. The topological polar surface area (TPSA) is 81.9 Å². The molecular weight excluding hydrogens is 466 g/mol. The highest BCUT2D eigenvalue weighted by Gasteiger charge is 2.38. The largest absolute Gasteiger partial charge is 0.423 e. The zero-order valence-electron chi connectivity index (χ0n) is 22.5. The molecule has 2 bridgehead atoms. The molecule has 1 saturated carbocycles. The van der Waals surface area contributed by atoms with Gasteiger partial charge in [0.15, 0.2) is 5.58 Å². The van der Waals surface area contributed by atoms with E-state index >= 15 is 0 Å². The molecule has 2 amide bonds. The van der Waals surface area contributed by atoms with E-state index in [2.05, 4.69) is 36.0 Å². The van der Waals surface area contributed by atoms with Crippen molar-refractivity contribution in [3.8, 4) is 0 Å². The van der Waals surface area contributed by atoms with E-state index in [1.165, 1.54) is 32.1 Å². The van der Waals surface area contributed by atoms with Crippen LogP contribution >= 0.6 is 0 Å². The summed E-state index contributed by atoms with van der Waals surface area (Å²) in [7, 11) is 2.23. The summed E-state index contributed by atoms with van der Waals surface area (Å²) < 4.78 is 6.22. The number of nitrogens with zero attached hydrogens (tertiary/aromatic N) is 4. The maximum Gasteiger partial charge on any atom is 0.299 e. The van der Waals surface area contributed by atoms with Gasteiger partial charge < -0.3 is 24.4 Å². The molecule has 0 spiro atoms. The first-order valence-corrected chi connectivity index (χ1v) is 14.4. The Morgan fingerprint density at radius 1 is 0.973 bits per heavy atom. The highest BCUT2D eigenvalue weighted by Crippen LogP contribution is 2.34. The van der Waals surface area contributed by atoms with Gasteiger partial charge in [0.2, 0.25) is 5.91 Å². The van der Waals surface area contributed by atoms with Gasteiger partial charge in [-0.15, -0.1) is 0 Å². The van der Waals surface area contributed by atoms with Gasteiger partial charge in [-0.05, 0) is 71.6 Å². The third-order valence-electron chi connectivity index (χ3n) is 9.48. The smallest absolute Gasteiger partial charge is 0.299 e. The summed E-state index contributed by atoms with van der Waals surface area (Å²) in [5, 5.41) is 3.32. The number of oxazole rings is 1. The number of amides is 2. The van der Waals surface area contributed by atoms with E-state index in [4.69, 9.17) is 9.40 Å². The van der Waals surface area contributed by atoms with Crippen LogP contribution in [0.3, 0.4) is 0 Å². The molecule has 6 rings (SSSR count). The molecule has 2 unspecified atom stereocenters. The van der Waals surface area contributed by atoms with Crippen molar-refractivity contribution in [1.29, 1.82) is 0 Å². The molecule has 200 valence electrons. The first-order valence-electron chi connectivity index (χ1n) is 14.4. The minimum Gasteiger partial charge on any atom is -0.423 e. The van der Waals surface area contributed by atoms with Gasteiger partial charge in [0.25, 0.3) is 11.9 Å². The van der Waals surface area contributed by atoms with Crippen molar-refractivity contribution >= 4 is 28.9 Å². The van der Waals surface area contributed by atoms with E-state index < -0.39 is 0 Å². The zero-order chi connectivity index (χ0) is 25.7. The summed E-state index contributed by atoms with van der Waals surface area (Å²) in [4.78, 5) is 38.1. The second kappa shape index (κ2) is 9.93. The summed E-state index contributed by atoms with van der Waals surface area (Å²) >= 11 is 0. The number of carbonyl (C=O) groups excluding carboxylic acids is 2. The van der Waals surface area contributed by atoms with Crippen LogP contribution in [0.5, 0.6) is 0 Å². The maximum atomic E-state index is 13.4.